The zero-order valence-electron chi connectivity index (χ0n) is 7.33. The number of hydrogen-bond donors (Lipinski definition) is 2. The van der Waals surface area contributed by atoms with Crippen LogP contribution >= 0.6 is 20.7 Å². The number of carbonyl (C=O) groups excluding carboxylic acids is 1. The smallest absolute Gasteiger partial charge is 0.320 e. The lowest BCUT2D eigenvalue weighted by atomic mass is 10.8. The van der Waals surface area contributed by atoms with Crippen LogP contribution in [0.1, 0.15) is 6.92 Å². The molecule has 0 fully saturated rings. The van der Waals surface area contributed by atoms with E-state index >= 15 is 0 Å². The van der Waals surface area contributed by atoms with Crippen molar-refractivity contribution >= 4 is 31.8 Å². The molecule has 0 spiro atoms. The topological polar surface area (TPSA) is 66.4 Å². The number of carbonyl (C=O) groups is 1. The van der Waals surface area contributed by atoms with E-state index in [0.717, 1.165) is 0 Å². The highest BCUT2D eigenvalue weighted by molar-refractivity contribution is 7.69. The highest BCUT2D eigenvalue weighted by Crippen LogP contribution is 2.11. The molecule has 0 saturated heterocycles. The number of nitrogens with zero attached hydrogens (tertiary/aromatic N) is 2. The molecule has 1 rings (SSSR count). The van der Waals surface area contributed by atoms with Crippen LogP contribution in [0.4, 0.5) is 9.93 Å². The minimum absolute atomic E-state index is 0.260. The third kappa shape index (κ3) is 3.11. The van der Waals surface area contributed by atoms with Gasteiger partial charge in [-0.25, -0.2) is 4.79 Å². The van der Waals surface area contributed by atoms with E-state index in [4.69, 9.17) is 0 Å². The molecular weight excluding hydrogens is 208 g/mol. The van der Waals surface area contributed by atoms with Gasteiger partial charge in [-0.05, 0) is 27.6 Å². The van der Waals surface area contributed by atoms with E-state index in [1.807, 2.05) is 6.92 Å². The summed E-state index contributed by atoms with van der Waals surface area (Å²) in [6.45, 7) is 2.65. The predicted octanol–water partition coefficient (Wildman–Crippen LogP) is 0.876. The van der Waals surface area contributed by atoms with E-state index in [0.29, 0.717) is 16.5 Å². The first-order valence-electron chi connectivity index (χ1n) is 3.72. The number of rotatable bonds is 2. The fourth-order valence-electron chi connectivity index (χ4n) is 0.606. The van der Waals surface area contributed by atoms with E-state index in [2.05, 4.69) is 20.6 Å². The molecule has 7 heteroatoms. The monoisotopic (exact) mass is 218 g/mol. The predicted molar refractivity (Wildman–Crippen MR) is 54.2 cm³/mol. The van der Waals surface area contributed by atoms with Gasteiger partial charge in [0.05, 0.1) is 0 Å². The van der Waals surface area contributed by atoms with Crippen LogP contribution in [0, 0.1) is 0 Å². The molecule has 5 nitrogen and oxygen atoms in total. The standard InChI is InChI=1S/C6H10N4OS2/c1-3-8-5-10-6(13-12-5)9-4(11)7-2/h3H2,1-2H3,(H2,7,8,9,10,11). The summed E-state index contributed by atoms with van der Waals surface area (Å²) in [6.07, 6.45) is 0. The minimum Gasteiger partial charge on any atom is -0.341 e. The molecular formula is C6H10N4OS2. The average Bonchev–Trinajstić information content (AvgIpc) is 2.53. The maximum absolute atomic E-state index is 10.9. The average molecular weight is 218 g/mol. The highest BCUT2D eigenvalue weighted by Gasteiger charge is 2.01. The molecule has 0 bridgehead atoms. The molecule has 0 aliphatic rings. The normalized spacial score (nSPS) is 11.4. The molecule has 0 aliphatic carbocycles. The van der Waals surface area contributed by atoms with E-state index < -0.39 is 0 Å². The van der Waals surface area contributed by atoms with Crippen molar-refractivity contribution < 1.29 is 4.79 Å². The van der Waals surface area contributed by atoms with Crippen LogP contribution in [0.5, 0.6) is 0 Å². The van der Waals surface area contributed by atoms with E-state index in [1.54, 1.807) is 7.05 Å². The first-order valence-corrected chi connectivity index (χ1v) is 5.87. The van der Waals surface area contributed by atoms with Crippen molar-refractivity contribution in [2.45, 2.75) is 6.92 Å². The zero-order valence-corrected chi connectivity index (χ0v) is 8.96. The summed E-state index contributed by atoms with van der Waals surface area (Å²) in [7, 11) is 4.41. The third-order valence-corrected chi connectivity index (χ3v) is 3.11. The Bertz CT molecular complexity index is 342. The summed E-state index contributed by atoms with van der Waals surface area (Å²) in [5.41, 5.74) is 0. The molecule has 0 saturated carbocycles. The van der Waals surface area contributed by atoms with Crippen molar-refractivity contribution in [2.75, 3.05) is 18.9 Å². The van der Waals surface area contributed by atoms with Gasteiger partial charge >= 0.3 is 6.03 Å². The molecule has 0 aromatic carbocycles. The summed E-state index contributed by atoms with van der Waals surface area (Å²) in [4.78, 5) is 19.8. The lowest BCUT2D eigenvalue weighted by Gasteiger charge is -1.96. The fraction of sp³-hybridized carbons (Fsp3) is 0.500. The fourth-order valence-corrected chi connectivity index (χ4v) is 2.35. The Labute approximate surface area is 82.9 Å². The number of nitrogens with one attached hydrogen (secondary N) is 2. The molecule has 0 aliphatic heterocycles. The maximum Gasteiger partial charge on any atom is 0.320 e. The van der Waals surface area contributed by atoms with Crippen molar-refractivity contribution in [3.05, 3.63) is 4.80 Å². The van der Waals surface area contributed by atoms with E-state index in [9.17, 15) is 4.79 Å². The largest absolute Gasteiger partial charge is 0.341 e. The van der Waals surface area contributed by atoms with Crippen LogP contribution in [-0.2, 0) is 0 Å². The summed E-state index contributed by atoms with van der Waals surface area (Å²) in [5, 5.41) is 5.60. The van der Waals surface area contributed by atoms with Gasteiger partial charge in [-0.2, -0.15) is 4.98 Å². The Kier molecular flexibility index (Phi) is 3.84. The van der Waals surface area contributed by atoms with Gasteiger partial charge < -0.3 is 5.32 Å². The van der Waals surface area contributed by atoms with Gasteiger partial charge in [-0.1, -0.05) is 0 Å². The number of anilines is 1. The number of amides is 2. The van der Waals surface area contributed by atoms with Crippen LogP contribution in [0.3, 0.4) is 0 Å². The van der Waals surface area contributed by atoms with Crippen molar-refractivity contribution in [1.82, 2.24) is 10.3 Å². The van der Waals surface area contributed by atoms with Crippen molar-refractivity contribution in [3.63, 3.8) is 0 Å². The molecule has 0 unspecified atom stereocenters. The Morgan fingerprint density at radius 1 is 1.62 bits per heavy atom. The molecule has 2 N–H and O–H groups in total. The van der Waals surface area contributed by atoms with Crippen LogP contribution < -0.4 is 15.4 Å². The Morgan fingerprint density at radius 2 is 2.38 bits per heavy atom. The molecule has 0 atom stereocenters. The second kappa shape index (κ2) is 4.93. The van der Waals surface area contributed by atoms with Crippen molar-refractivity contribution in [2.24, 2.45) is 4.99 Å². The molecule has 1 aromatic rings. The van der Waals surface area contributed by atoms with Gasteiger partial charge in [0.1, 0.15) is 0 Å². The Balaban J connectivity index is 2.69. The van der Waals surface area contributed by atoms with Crippen molar-refractivity contribution in [1.29, 1.82) is 0 Å². The number of hydrogen-bond acceptors (Lipinski definition) is 5. The zero-order chi connectivity index (χ0) is 9.68. The van der Waals surface area contributed by atoms with Crippen molar-refractivity contribution in [3.8, 4) is 0 Å². The van der Waals surface area contributed by atoms with E-state index in [-0.39, 0.29) is 6.03 Å². The SMILES string of the molecule is CCN=c1nc(NC(=O)NC)ss1. The highest BCUT2D eigenvalue weighted by atomic mass is 32.9. The second-order valence-electron chi connectivity index (χ2n) is 2.04. The lowest BCUT2D eigenvalue weighted by Crippen LogP contribution is -2.24. The first-order chi connectivity index (χ1) is 6.26. The summed E-state index contributed by atoms with van der Waals surface area (Å²) >= 11 is 0. The van der Waals surface area contributed by atoms with Crippen LogP contribution in [0.2, 0.25) is 0 Å². The van der Waals surface area contributed by atoms with E-state index in [1.165, 1.54) is 20.7 Å². The second-order valence-corrected chi connectivity index (χ2v) is 4.13. The Morgan fingerprint density at radius 3 is 3.00 bits per heavy atom. The van der Waals surface area contributed by atoms with Crippen LogP contribution in [0.25, 0.3) is 0 Å². The molecule has 1 heterocycles. The molecule has 13 heavy (non-hydrogen) atoms. The van der Waals surface area contributed by atoms with Gasteiger partial charge in [0.2, 0.25) is 9.93 Å². The summed E-state index contributed by atoms with van der Waals surface area (Å²) in [6, 6.07) is -0.260. The van der Waals surface area contributed by atoms with Gasteiger partial charge in [0, 0.05) is 13.6 Å². The first kappa shape index (κ1) is 10.1. The molecule has 72 valence electrons. The maximum atomic E-state index is 10.9. The number of aromatic nitrogens is 1. The summed E-state index contributed by atoms with van der Waals surface area (Å²) in [5.74, 6) is 0. The minimum atomic E-state index is -0.260. The third-order valence-electron chi connectivity index (χ3n) is 1.13. The lowest BCUT2D eigenvalue weighted by molar-refractivity contribution is 0.254. The molecule has 0 radical (unpaired) electrons. The van der Waals surface area contributed by atoms with Gasteiger partial charge in [0.15, 0.2) is 0 Å². The van der Waals surface area contributed by atoms with Gasteiger partial charge in [-0.15, -0.1) is 0 Å². The van der Waals surface area contributed by atoms with Crippen LogP contribution in [-0.4, -0.2) is 24.6 Å². The molecule has 2 amide bonds. The quantitative estimate of drug-likeness (QED) is 0.723. The van der Waals surface area contributed by atoms with Gasteiger partial charge in [-0.3, -0.25) is 10.3 Å². The molecule has 1 aromatic heterocycles. The summed E-state index contributed by atoms with van der Waals surface area (Å²) < 4.78 is 0. The van der Waals surface area contributed by atoms with Gasteiger partial charge in [0.25, 0.3) is 0 Å². The van der Waals surface area contributed by atoms with Crippen LogP contribution in [0.15, 0.2) is 4.99 Å². The number of urea groups is 1. The Hall–Kier alpha value is -0.950.